The lowest BCUT2D eigenvalue weighted by Crippen LogP contribution is -1.92. The van der Waals surface area contributed by atoms with E-state index in [1.54, 1.807) is 12.3 Å². The number of nitrogens with one attached hydrogen (secondary N) is 2. The van der Waals surface area contributed by atoms with E-state index in [1.165, 1.54) is 0 Å². The van der Waals surface area contributed by atoms with E-state index in [0.717, 1.165) is 20.9 Å². The van der Waals surface area contributed by atoms with E-state index in [0.29, 0.717) is 11.6 Å². The van der Waals surface area contributed by atoms with E-state index in [1.807, 2.05) is 18.2 Å². The fourth-order valence-electron chi connectivity index (χ4n) is 2.28. The van der Waals surface area contributed by atoms with E-state index in [4.69, 9.17) is 0 Å². The summed E-state index contributed by atoms with van der Waals surface area (Å²) in [6.07, 6.45) is 1.64. The number of azo groups is 1. The molecule has 0 aliphatic carbocycles. The molecule has 0 bridgehead atoms. The molecule has 0 saturated heterocycles. The Balaban J connectivity index is 1.98. The maximum atomic E-state index is 12.0. The minimum atomic E-state index is -0.510. The highest BCUT2D eigenvalue weighted by molar-refractivity contribution is 9.10. The lowest BCUT2D eigenvalue weighted by molar-refractivity contribution is 0.0991. The van der Waals surface area contributed by atoms with Crippen molar-refractivity contribution in [3.8, 4) is 5.88 Å². The number of carbonyl (C=O) groups is 1. The van der Waals surface area contributed by atoms with Crippen molar-refractivity contribution in [1.29, 1.82) is 0 Å². The number of aromatic nitrogens is 2. The predicted molar refractivity (Wildman–Crippen MR) is 91.4 cm³/mol. The number of aromatic amines is 2. The molecule has 0 aliphatic heterocycles. The second-order valence-corrected chi connectivity index (χ2v) is 6.43. The molecule has 0 radical (unpaired) electrons. The third-order valence-electron chi connectivity index (χ3n) is 3.56. The molecule has 3 aromatic rings. The minimum Gasteiger partial charge on any atom is -0.493 e. The Labute approximate surface area is 140 Å². The highest BCUT2D eigenvalue weighted by Crippen LogP contribution is 2.37. The minimum absolute atomic E-state index is 0.106. The lowest BCUT2D eigenvalue weighted by atomic mass is 10.0. The van der Waals surface area contributed by atoms with Crippen LogP contribution in [0.1, 0.15) is 35.8 Å². The maximum Gasteiger partial charge on any atom is 0.311 e. The molecule has 0 unspecified atom stereocenters. The summed E-state index contributed by atoms with van der Waals surface area (Å²) in [5.74, 6) is -0.270. The molecule has 3 N–H and O–H groups in total. The van der Waals surface area contributed by atoms with Gasteiger partial charge in [-0.1, -0.05) is 19.9 Å². The van der Waals surface area contributed by atoms with Gasteiger partial charge in [0, 0.05) is 16.1 Å². The first-order valence-corrected chi connectivity index (χ1v) is 7.89. The summed E-state index contributed by atoms with van der Waals surface area (Å²) in [4.78, 5) is 17.6. The summed E-state index contributed by atoms with van der Waals surface area (Å²) in [6.45, 7) is 4.17. The van der Waals surface area contributed by atoms with Crippen molar-refractivity contribution in [2.75, 3.05) is 0 Å². The van der Waals surface area contributed by atoms with Crippen LogP contribution in [-0.2, 0) is 0 Å². The molecule has 0 aliphatic rings. The monoisotopic (exact) mass is 374 g/mol. The summed E-state index contributed by atoms with van der Waals surface area (Å²) in [6, 6.07) is 7.44. The second-order valence-electron chi connectivity index (χ2n) is 5.52. The van der Waals surface area contributed by atoms with Crippen LogP contribution in [0, 0.1) is 0 Å². The van der Waals surface area contributed by atoms with Gasteiger partial charge in [-0.3, -0.25) is 4.79 Å². The van der Waals surface area contributed by atoms with Gasteiger partial charge in [0.2, 0.25) is 5.88 Å². The van der Waals surface area contributed by atoms with E-state index < -0.39 is 5.91 Å². The van der Waals surface area contributed by atoms with Crippen molar-refractivity contribution >= 4 is 38.4 Å². The van der Waals surface area contributed by atoms with Gasteiger partial charge in [-0.05, 0) is 45.6 Å². The number of hydrogen-bond donors (Lipinski definition) is 3. The molecular weight excluding hydrogens is 360 g/mol. The van der Waals surface area contributed by atoms with Crippen LogP contribution in [0.4, 0.5) is 5.69 Å². The molecule has 0 spiro atoms. The normalized spacial score (nSPS) is 11.8. The molecule has 118 valence electrons. The number of fused-ring (bicyclic) bond motifs is 1. The summed E-state index contributed by atoms with van der Waals surface area (Å²) in [5.41, 5.74) is 2.45. The van der Waals surface area contributed by atoms with Gasteiger partial charge in [0.15, 0.2) is 5.69 Å². The predicted octanol–water partition coefficient (Wildman–Crippen LogP) is 5.01. The average molecular weight is 375 g/mol. The van der Waals surface area contributed by atoms with Crippen LogP contribution in [0.25, 0.3) is 10.9 Å². The SMILES string of the molecule is CC(C)c1ccc2[nH]c(O)c(N=NC(=O)c3cc(Br)c[nH]3)c2c1. The largest absolute Gasteiger partial charge is 0.493 e. The van der Waals surface area contributed by atoms with Gasteiger partial charge in [-0.25, -0.2) is 0 Å². The highest BCUT2D eigenvalue weighted by Gasteiger charge is 2.13. The van der Waals surface area contributed by atoms with E-state index in [-0.39, 0.29) is 11.6 Å². The van der Waals surface area contributed by atoms with Crippen LogP contribution in [0.15, 0.2) is 45.2 Å². The summed E-state index contributed by atoms with van der Waals surface area (Å²) >= 11 is 3.26. The zero-order chi connectivity index (χ0) is 16.6. The fourth-order valence-corrected chi connectivity index (χ4v) is 2.63. The van der Waals surface area contributed by atoms with Gasteiger partial charge >= 0.3 is 5.91 Å². The van der Waals surface area contributed by atoms with Gasteiger partial charge in [0.05, 0.1) is 5.52 Å². The zero-order valence-corrected chi connectivity index (χ0v) is 14.2. The van der Waals surface area contributed by atoms with Crippen LogP contribution in [-0.4, -0.2) is 21.0 Å². The topological polar surface area (TPSA) is 93.6 Å². The molecule has 6 nitrogen and oxygen atoms in total. The molecular formula is C16H15BrN4O2. The highest BCUT2D eigenvalue weighted by atomic mass is 79.9. The first kappa shape index (κ1) is 15.5. The molecule has 23 heavy (non-hydrogen) atoms. The number of carbonyl (C=O) groups excluding carboxylic acids is 1. The van der Waals surface area contributed by atoms with Crippen molar-refractivity contribution in [2.45, 2.75) is 19.8 Å². The third-order valence-corrected chi connectivity index (χ3v) is 4.02. The molecule has 2 aromatic heterocycles. The lowest BCUT2D eigenvalue weighted by Gasteiger charge is -2.04. The van der Waals surface area contributed by atoms with Crippen molar-refractivity contribution in [1.82, 2.24) is 9.97 Å². The third kappa shape index (κ3) is 3.05. The van der Waals surface area contributed by atoms with Gasteiger partial charge in [0.1, 0.15) is 5.69 Å². The Kier molecular flexibility index (Phi) is 4.04. The first-order valence-electron chi connectivity index (χ1n) is 7.10. The van der Waals surface area contributed by atoms with E-state index >= 15 is 0 Å². The first-order chi connectivity index (χ1) is 11.0. The number of rotatable bonds is 3. The number of H-pyrrole nitrogens is 2. The molecule has 3 rings (SSSR count). The number of amides is 1. The number of hydrogen-bond acceptors (Lipinski definition) is 3. The zero-order valence-electron chi connectivity index (χ0n) is 12.6. The fraction of sp³-hybridized carbons (Fsp3) is 0.188. The van der Waals surface area contributed by atoms with E-state index in [2.05, 4.69) is 50.0 Å². The Morgan fingerprint density at radius 2 is 2.09 bits per heavy atom. The molecule has 7 heteroatoms. The van der Waals surface area contributed by atoms with Gasteiger partial charge in [-0.15, -0.1) is 10.2 Å². The summed E-state index contributed by atoms with van der Waals surface area (Å²) < 4.78 is 0.757. The van der Waals surface area contributed by atoms with E-state index in [9.17, 15) is 9.90 Å². The number of halogens is 1. The van der Waals surface area contributed by atoms with Crippen LogP contribution in [0.3, 0.4) is 0 Å². The smallest absolute Gasteiger partial charge is 0.311 e. The quantitative estimate of drug-likeness (QED) is 0.561. The molecule has 0 saturated carbocycles. The molecule has 1 aromatic carbocycles. The Morgan fingerprint density at radius 1 is 1.30 bits per heavy atom. The average Bonchev–Trinajstić information content (AvgIpc) is 3.07. The standard InChI is InChI=1S/C16H15BrN4O2/c1-8(2)9-3-4-12-11(5-9)14(16(23)19-12)20-21-15(22)13-6-10(17)7-18-13/h3-8,18-19,23H,1-2H3. The van der Waals surface area contributed by atoms with Gasteiger partial charge < -0.3 is 15.1 Å². The van der Waals surface area contributed by atoms with Gasteiger partial charge in [-0.2, -0.15) is 0 Å². The Morgan fingerprint density at radius 3 is 2.74 bits per heavy atom. The Hall–Kier alpha value is -2.41. The number of aromatic hydroxyl groups is 1. The Bertz CT molecular complexity index is 908. The molecule has 1 amide bonds. The maximum absolute atomic E-state index is 12.0. The van der Waals surface area contributed by atoms with Crippen LogP contribution in [0.5, 0.6) is 5.88 Å². The molecule has 0 atom stereocenters. The van der Waals surface area contributed by atoms with Gasteiger partial charge in [0.25, 0.3) is 0 Å². The van der Waals surface area contributed by atoms with Crippen LogP contribution in [0.2, 0.25) is 0 Å². The van der Waals surface area contributed by atoms with Crippen molar-refractivity contribution in [3.63, 3.8) is 0 Å². The molecule has 0 fully saturated rings. The van der Waals surface area contributed by atoms with Crippen LogP contribution >= 0.6 is 15.9 Å². The van der Waals surface area contributed by atoms with Crippen LogP contribution < -0.4 is 0 Å². The number of nitrogens with zero attached hydrogens (tertiary/aromatic N) is 2. The summed E-state index contributed by atoms with van der Waals surface area (Å²) in [5, 5.41) is 18.4. The van der Waals surface area contributed by atoms with Crippen molar-refractivity contribution < 1.29 is 9.90 Å². The summed E-state index contributed by atoms with van der Waals surface area (Å²) in [7, 11) is 0. The number of benzene rings is 1. The molecule has 2 heterocycles. The van der Waals surface area contributed by atoms with Crippen molar-refractivity contribution in [3.05, 3.63) is 46.2 Å². The van der Waals surface area contributed by atoms with Crippen molar-refractivity contribution in [2.24, 2.45) is 10.2 Å². The second kappa shape index (κ2) is 6.00.